The molecule has 0 amide bonds. The minimum atomic E-state index is -1.34. The number of hydrogen-bond acceptors (Lipinski definition) is 4. The molecule has 136 valence electrons. The molecular weight excluding hydrogens is 314 g/mol. The Balaban J connectivity index is 3.01. The van der Waals surface area contributed by atoms with Crippen LogP contribution in [0.4, 0.5) is 0 Å². The van der Waals surface area contributed by atoms with E-state index < -0.39 is 24.0 Å². The highest BCUT2D eigenvalue weighted by atomic mass is 16.4. The summed E-state index contributed by atoms with van der Waals surface area (Å²) >= 11 is 0. The standard InChI is InChI=1S/C17H27NO6/c1-3-5-6-10(4-2)7-11(9-19)15(20)12-8-13(16(21)22)18-14(12)17(23)24/h8,10-11,15,18-20H,3-7,9H2,1-2H3,(H,21,22)(H,23,24). The summed E-state index contributed by atoms with van der Waals surface area (Å²) in [6.45, 7) is 3.84. The van der Waals surface area contributed by atoms with Crippen molar-refractivity contribution in [1.29, 1.82) is 0 Å². The predicted molar refractivity (Wildman–Crippen MR) is 88.2 cm³/mol. The molecule has 0 aliphatic heterocycles. The van der Waals surface area contributed by atoms with Gasteiger partial charge in [0, 0.05) is 18.1 Å². The summed E-state index contributed by atoms with van der Waals surface area (Å²) in [6, 6.07) is 1.13. The van der Waals surface area contributed by atoms with Crippen LogP contribution in [0, 0.1) is 11.8 Å². The maximum absolute atomic E-state index is 11.3. The molecule has 0 spiro atoms. The van der Waals surface area contributed by atoms with Crippen LogP contribution < -0.4 is 0 Å². The van der Waals surface area contributed by atoms with Gasteiger partial charge in [0.05, 0.1) is 6.10 Å². The Labute approximate surface area is 141 Å². The largest absolute Gasteiger partial charge is 0.477 e. The maximum Gasteiger partial charge on any atom is 0.352 e. The van der Waals surface area contributed by atoms with Gasteiger partial charge in [-0.05, 0) is 18.4 Å². The molecule has 1 rings (SSSR count). The summed E-state index contributed by atoms with van der Waals surface area (Å²) in [7, 11) is 0. The maximum atomic E-state index is 11.3. The molecule has 0 saturated heterocycles. The second-order valence-electron chi connectivity index (χ2n) is 6.16. The monoisotopic (exact) mass is 341 g/mol. The van der Waals surface area contributed by atoms with E-state index in [2.05, 4.69) is 11.9 Å². The van der Waals surface area contributed by atoms with Crippen LogP contribution in [0.2, 0.25) is 0 Å². The number of H-pyrrole nitrogens is 1. The highest BCUT2D eigenvalue weighted by Gasteiger charge is 2.29. The Hall–Kier alpha value is -1.86. The normalized spacial score (nSPS) is 15.0. The average Bonchev–Trinajstić information content (AvgIpc) is 3.00. The van der Waals surface area contributed by atoms with Gasteiger partial charge < -0.3 is 25.4 Å². The number of hydrogen-bond donors (Lipinski definition) is 5. The fraction of sp³-hybridized carbons (Fsp3) is 0.647. The first-order valence-corrected chi connectivity index (χ1v) is 8.33. The minimum Gasteiger partial charge on any atom is -0.477 e. The predicted octanol–water partition coefficient (Wildman–Crippen LogP) is 2.66. The molecule has 0 fully saturated rings. The average molecular weight is 341 g/mol. The van der Waals surface area contributed by atoms with Crippen LogP contribution in [-0.2, 0) is 0 Å². The number of aromatic carboxylic acids is 2. The van der Waals surface area contributed by atoms with Crippen molar-refractivity contribution in [1.82, 2.24) is 4.98 Å². The van der Waals surface area contributed by atoms with Crippen LogP contribution in [-0.4, -0.2) is 44.0 Å². The fourth-order valence-electron chi connectivity index (χ4n) is 2.96. The van der Waals surface area contributed by atoms with Crippen LogP contribution in [0.1, 0.15) is 78.6 Å². The van der Waals surface area contributed by atoms with Gasteiger partial charge >= 0.3 is 11.9 Å². The second kappa shape index (κ2) is 9.44. The summed E-state index contributed by atoms with van der Waals surface area (Å²) in [5.41, 5.74) is -0.639. The third-order valence-electron chi connectivity index (χ3n) is 4.47. The van der Waals surface area contributed by atoms with Gasteiger partial charge in [-0.1, -0.05) is 39.5 Å². The van der Waals surface area contributed by atoms with E-state index in [1.54, 1.807) is 0 Å². The topological polar surface area (TPSA) is 131 Å². The van der Waals surface area contributed by atoms with Gasteiger partial charge in [0.2, 0.25) is 0 Å². The molecule has 3 atom stereocenters. The summed E-state index contributed by atoms with van der Waals surface area (Å²) in [6.07, 6.45) is 3.33. The first-order valence-electron chi connectivity index (χ1n) is 8.33. The highest BCUT2D eigenvalue weighted by molar-refractivity contribution is 5.92. The van der Waals surface area contributed by atoms with Crippen molar-refractivity contribution in [3.8, 4) is 0 Å². The number of carboxylic acids is 2. The number of aromatic nitrogens is 1. The number of aromatic amines is 1. The molecule has 3 unspecified atom stereocenters. The lowest BCUT2D eigenvalue weighted by Gasteiger charge is -2.25. The van der Waals surface area contributed by atoms with Gasteiger partial charge in [-0.3, -0.25) is 0 Å². The van der Waals surface area contributed by atoms with Crippen LogP contribution in [0.25, 0.3) is 0 Å². The van der Waals surface area contributed by atoms with Gasteiger partial charge in [-0.15, -0.1) is 0 Å². The first-order chi connectivity index (χ1) is 11.3. The fourth-order valence-corrected chi connectivity index (χ4v) is 2.96. The van der Waals surface area contributed by atoms with Gasteiger partial charge in [-0.25, -0.2) is 9.59 Å². The summed E-state index contributed by atoms with van der Waals surface area (Å²) in [4.78, 5) is 24.6. The zero-order chi connectivity index (χ0) is 18.3. The number of nitrogens with one attached hydrogen (secondary N) is 1. The molecule has 0 bridgehead atoms. The van der Waals surface area contributed by atoms with E-state index in [-0.39, 0.29) is 23.6 Å². The molecule has 1 heterocycles. The van der Waals surface area contributed by atoms with Crippen LogP contribution in [0.5, 0.6) is 0 Å². The molecule has 5 N–H and O–H groups in total. The third kappa shape index (κ3) is 5.07. The van der Waals surface area contributed by atoms with Crippen LogP contribution in [0.3, 0.4) is 0 Å². The van der Waals surface area contributed by atoms with Gasteiger partial charge in [0.25, 0.3) is 0 Å². The van der Waals surface area contributed by atoms with Gasteiger partial charge in [-0.2, -0.15) is 0 Å². The SMILES string of the molecule is CCCCC(CC)CC(CO)C(O)c1cc(C(=O)O)[nH]c1C(=O)O. The Morgan fingerprint density at radius 2 is 1.88 bits per heavy atom. The van der Waals surface area contributed by atoms with Crippen molar-refractivity contribution in [2.24, 2.45) is 11.8 Å². The molecule has 24 heavy (non-hydrogen) atoms. The number of carbonyl (C=O) groups is 2. The number of unbranched alkanes of at least 4 members (excludes halogenated alkanes) is 1. The van der Waals surface area contributed by atoms with Gasteiger partial charge in [0.15, 0.2) is 0 Å². The lowest BCUT2D eigenvalue weighted by atomic mass is 9.84. The first kappa shape index (κ1) is 20.2. The van der Waals surface area contributed by atoms with Crippen molar-refractivity contribution in [2.75, 3.05) is 6.61 Å². The number of carboxylic acid groups (broad SMARTS) is 2. The molecule has 0 aliphatic rings. The summed E-state index contributed by atoms with van der Waals surface area (Å²) in [5.74, 6) is -2.86. The van der Waals surface area contributed by atoms with Crippen molar-refractivity contribution in [2.45, 2.75) is 52.1 Å². The molecule has 0 aromatic carbocycles. The number of aliphatic hydroxyl groups excluding tert-OH is 2. The number of rotatable bonds is 11. The molecule has 0 radical (unpaired) electrons. The highest BCUT2D eigenvalue weighted by Crippen LogP contribution is 2.32. The lowest BCUT2D eigenvalue weighted by molar-refractivity contribution is 0.0474. The van der Waals surface area contributed by atoms with Crippen LogP contribution >= 0.6 is 0 Å². The minimum absolute atomic E-state index is 0.00398. The summed E-state index contributed by atoms with van der Waals surface area (Å²) < 4.78 is 0. The zero-order valence-corrected chi connectivity index (χ0v) is 14.2. The van der Waals surface area contributed by atoms with Crippen molar-refractivity contribution >= 4 is 11.9 Å². The molecule has 1 aromatic rings. The van der Waals surface area contributed by atoms with E-state index in [0.29, 0.717) is 12.3 Å². The Bertz CT molecular complexity index is 553. The van der Waals surface area contributed by atoms with Crippen molar-refractivity contribution in [3.63, 3.8) is 0 Å². The Morgan fingerprint density at radius 1 is 1.21 bits per heavy atom. The van der Waals surface area contributed by atoms with Gasteiger partial charge in [0.1, 0.15) is 11.4 Å². The lowest BCUT2D eigenvalue weighted by Crippen LogP contribution is -2.21. The Morgan fingerprint density at radius 3 is 2.33 bits per heavy atom. The van der Waals surface area contributed by atoms with Crippen molar-refractivity contribution in [3.05, 3.63) is 23.0 Å². The molecular formula is C17H27NO6. The summed E-state index contributed by atoms with van der Waals surface area (Å²) in [5, 5.41) is 38.4. The molecule has 1 aromatic heterocycles. The third-order valence-corrected chi connectivity index (χ3v) is 4.47. The van der Waals surface area contributed by atoms with Crippen LogP contribution in [0.15, 0.2) is 6.07 Å². The van der Waals surface area contributed by atoms with E-state index in [9.17, 15) is 24.9 Å². The quantitative estimate of drug-likeness (QED) is 0.420. The molecule has 7 heteroatoms. The van der Waals surface area contributed by atoms with E-state index >= 15 is 0 Å². The number of aliphatic hydroxyl groups is 2. The smallest absolute Gasteiger partial charge is 0.352 e. The van der Waals surface area contributed by atoms with E-state index in [1.165, 1.54) is 0 Å². The molecule has 7 nitrogen and oxygen atoms in total. The zero-order valence-electron chi connectivity index (χ0n) is 14.2. The Kier molecular flexibility index (Phi) is 7.94. The van der Waals surface area contributed by atoms with Crippen molar-refractivity contribution < 1.29 is 30.0 Å². The van der Waals surface area contributed by atoms with E-state index in [4.69, 9.17) is 5.11 Å². The van der Waals surface area contributed by atoms with E-state index in [0.717, 1.165) is 31.7 Å². The van der Waals surface area contributed by atoms with E-state index in [1.807, 2.05) is 6.92 Å². The molecule has 0 saturated carbocycles. The molecule has 0 aliphatic carbocycles. The second-order valence-corrected chi connectivity index (χ2v) is 6.16.